The molecular weight excluding hydrogens is 286 g/mol. The Labute approximate surface area is 127 Å². The molecule has 0 aliphatic heterocycles. The highest BCUT2D eigenvalue weighted by molar-refractivity contribution is 7.14. The van der Waals surface area contributed by atoms with Crippen molar-refractivity contribution in [3.8, 4) is 0 Å². The van der Waals surface area contributed by atoms with Crippen molar-refractivity contribution in [1.82, 2.24) is 10.3 Å². The number of benzene rings is 1. The number of amides is 2. The Kier molecular flexibility index (Phi) is 5.05. The van der Waals surface area contributed by atoms with Crippen LogP contribution in [-0.2, 0) is 11.2 Å². The van der Waals surface area contributed by atoms with E-state index < -0.39 is 0 Å². The number of aromatic nitrogens is 1. The van der Waals surface area contributed by atoms with Crippen molar-refractivity contribution >= 4 is 28.3 Å². The minimum absolute atomic E-state index is 0.0729. The number of thiazole rings is 1. The van der Waals surface area contributed by atoms with Crippen LogP contribution in [0, 0.1) is 0 Å². The Balaban J connectivity index is 1.94. The van der Waals surface area contributed by atoms with E-state index in [9.17, 15) is 9.59 Å². The summed E-state index contributed by atoms with van der Waals surface area (Å²) < 4.78 is 0. The second-order valence-corrected chi connectivity index (χ2v) is 5.72. The normalized spacial score (nSPS) is 10.4. The topological polar surface area (TPSA) is 71.1 Å². The highest BCUT2D eigenvalue weighted by atomic mass is 32.1. The summed E-state index contributed by atoms with van der Waals surface area (Å²) in [7, 11) is 0. The monoisotopic (exact) mass is 303 g/mol. The Morgan fingerprint density at radius 3 is 2.62 bits per heavy atom. The molecular formula is C15H17N3O2S. The van der Waals surface area contributed by atoms with E-state index in [4.69, 9.17) is 0 Å². The summed E-state index contributed by atoms with van der Waals surface area (Å²) in [4.78, 5) is 27.9. The fourth-order valence-electron chi connectivity index (χ4n) is 1.74. The molecule has 1 heterocycles. The van der Waals surface area contributed by atoms with Crippen molar-refractivity contribution in [2.45, 2.75) is 26.3 Å². The molecule has 0 bridgehead atoms. The van der Waals surface area contributed by atoms with Gasteiger partial charge in [-0.15, -0.1) is 11.3 Å². The zero-order valence-electron chi connectivity index (χ0n) is 11.9. The summed E-state index contributed by atoms with van der Waals surface area (Å²) in [5.74, 6) is -0.278. The van der Waals surface area contributed by atoms with E-state index in [1.807, 2.05) is 19.9 Å². The number of hydrogen-bond acceptors (Lipinski definition) is 4. The van der Waals surface area contributed by atoms with Crippen LogP contribution in [0.3, 0.4) is 0 Å². The average Bonchev–Trinajstić information content (AvgIpc) is 2.85. The summed E-state index contributed by atoms with van der Waals surface area (Å²) in [5, 5.41) is 7.81. The van der Waals surface area contributed by atoms with Crippen LogP contribution < -0.4 is 10.6 Å². The lowest BCUT2D eigenvalue weighted by Crippen LogP contribution is -2.31. The summed E-state index contributed by atoms with van der Waals surface area (Å²) in [6.07, 6.45) is 0.218. The third-order valence-electron chi connectivity index (χ3n) is 2.60. The lowest BCUT2D eigenvalue weighted by molar-refractivity contribution is -0.120. The van der Waals surface area contributed by atoms with Crippen molar-refractivity contribution in [2.75, 3.05) is 5.32 Å². The van der Waals surface area contributed by atoms with Gasteiger partial charge in [-0.25, -0.2) is 4.98 Å². The molecule has 2 rings (SSSR count). The standard InChI is InChI=1S/C15H17N3O2S/c1-10(2)16-13(19)8-12-9-21-15(17-12)18-14(20)11-6-4-3-5-7-11/h3-7,9-10H,8H2,1-2H3,(H,16,19)(H,17,18,20). The van der Waals surface area contributed by atoms with Gasteiger partial charge in [0, 0.05) is 17.0 Å². The number of nitrogens with zero attached hydrogens (tertiary/aromatic N) is 1. The van der Waals surface area contributed by atoms with Crippen molar-refractivity contribution in [3.05, 3.63) is 47.0 Å². The third kappa shape index (κ3) is 4.68. The number of carbonyl (C=O) groups excluding carboxylic acids is 2. The van der Waals surface area contributed by atoms with Crippen LogP contribution in [0.4, 0.5) is 5.13 Å². The summed E-state index contributed by atoms with van der Waals surface area (Å²) in [5.41, 5.74) is 1.23. The van der Waals surface area contributed by atoms with E-state index in [0.29, 0.717) is 16.4 Å². The lowest BCUT2D eigenvalue weighted by atomic mass is 10.2. The van der Waals surface area contributed by atoms with Crippen molar-refractivity contribution in [1.29, 1.82) is 0 Å². The van der Waals surface area contributed by atoms with E-state index in [1.54, 1.807) is 29.6 Å². The molecule has 0 saturated carbocycles. The van der Waals surface area contributed by atoms with Crippen LogP contribution in [0.1, 0.15) is 29.9 Å². The molecule has 0 unspecified atom stereocenters. The van der Waals surface area contributed by atoms with Crippen LogP contribution in [0.25, 0.3) is 0 Å². The maximum Gasteiger partial charge on any atom is 0.257 e. The van der Waals surface area contributed by atoms with Gasteiger partial charge >= 0.3 is 0 Å². The first-order valence-electron chi connectivity index (χ1n) is 6.65. The largest absolute Gasteiger partial charge is 0.354 e. The van der Waals surface area contributed by atoms with E-state index in [1.165, 1.54) is 11.3 Å². The average molecular weight is 303 g/mol. The first kappa shape index (κ1) is 15.2. The minimum atomic E-state index is -0.205. The second kappa shape index (κ2) is 6.99. The van der Waals surface area contributed by atoms with E-state index in [2.05, 4.69) is 15.6 Å². The first-order valence-corrected chi connectivity index (χ1v) is 7.52. The number of anilines is 1. The smallest absolute Gasteiger partial charge is 0.257 e. The fraction of sp³-hybridized carbons (Fsp3) is 0.267. The third-order valence-corrected chi connectivity index (χ3v) is 3.41. The molecule has 6 heteroatoms. The van der Waals surface area contributed by atoms with Gasteiger partial charge in [-0.1, -0.05) is 18.2 Å². The quantitative estimate of drug-likeness (QED) is 0.891. The zero-order valence-corrected chi connectivity index (χ0v) is 12.7. The minimum Gasteiger partial charge on any atom is -0.354 e. The molecule has 0 atom stereocenters. The second-order valence-electron chi connectivity index (χ2n) is 4.86. The molecule has 21 heavy (non-hydrogen) atoms. The van der Waals surface area contributed by atoms with Gasteiger partial charge in [0.15, 0.2) is 5.13 Å². The predicted molar refractivity (Wildman–Crippen MR) is 83.5 cm³/mol. The van der Waals surface area contributed by atoms with Crippen molar-refractivity contribution in [3.63, 3.8) is 0 Å². The predicted octanol–water partition coefficient (Wildman–Crippen LogP) is 2.46. The summed E-state index contributed by atoms with van der Waals surface area (Å²) in [6, 6.07) is 9.04. The molecule has 5 nitrogen and oxygen atoms in total. The van der Waals surface area contributed by atoms with Crippen molar-refractivity contribution in [2.24, 2.45) is 0 Å². The van der Waals surface area contributed by atoms with Gasteiger partial charge in [-0.05, 0) is 26.0 Å². The van der Waals surface area contributed by atoms with Gasteiger partial charge in [0.2, 0.25) is 5.91 Å². The number of rotatable bonds is 5. The molecule has 0 saturated heterocycles. The van der Waals surface area contributed by atoms with Gasteiger partial charge < -0.3 is 5.32 Å². The molecule has 0 aliphatic carbocycles. The number of carbonyl (C=O) groups is 2. The van der Waals surface area contributed by atoms with Gasteiger partial charge in [-0.3, -0.25) is 14.9 Å². The molecule has 0 spiro atoms. The van der Waals surface area contributed by atoms with Crippen LogP contribution in [0.15, 0.2) is 35.7 Å². The number of nitrogens with one attached hydrogen (secondary N) is 2. The number of hydrogen-bond donors (Lipinski definition) is 2. The molecule has 0 aliphatic rings. The van der Waals surface area contributed by atoms with Gasteiger partial charge in [0.1, 0.15) is 0 Å². The SMILES string of the molecule is CC(C)NC(=O)Cc1csc(NC(=O)c2ccccc2)n1. The Morgan fingerprint density at radius 1 is 1.24 bits per heavy atom. The van der Waals surface area contributed by atoms with Gasteiger partial charge in [0.25, 0.3) is 5.91 Å². The maximum absolute atomic E-state index is 12.0. The van der Waals surface area contributed by atoms with E-state index >= 15 is 0 Å². The van der Waals surface area contributed by atoms with Crippen LogP contribution >= 0.6 is 11.3 Å². The highest BCUT2D eigenvalue weighted by Gasteiger charge is 2.11. The van der Waals surface area contributed by atoms with Crippen LogP contribution in [-0.4, -0.2) is 22.8 Å². The zero-order chi connectivity index (χ0) is 15.2. The van der Waals surface area contributed by atoms with Crippen molar-refractivity contribution < 1.29 is 9.59 Å². The maximum atomic E-state index is 12.0. The van der Waals surface area contributed by atoms with Crippen LogP contribution in [0.5, 0.6) is 0 Å². The summed E-state index contributed by atoms with van der Waals surface area (Å²) >= 11 is 1.31. The first-order chi connectivity index (χ1) is 10.0. The fourth-order valence-corrected chi connectivity index (χ4v) is 2.45. The molecule has 2 amide bonds. The van der Waals surface area contributed by atoms with E-state index in [0.717, 1.165) is 0 Å². The Morgan fingerprint density at radius 2 is 1.95 bits per heavy atom. The Bertz CT molecular complexity index is 623. The highest BCUT2D eigenvalue weighted by Crippen LogP contribution is 2.17. The molecule has 0 fully saturated rings. The van der Waals surface area contributed by atoms with Crippen LogP contribution in [0.2, 0.25) is 0 Å². The molecule has 2 N–H and O–H groups in total. The molecule has 110 valence electrons. The lowest BCUT2D eigenvalue weighted by Gasteiger charge is -2.06. The van der Waals surface area contributed by atoms with Gasteiger partial charge in [0.05, 0.1) is 12.1 Å². The molecule has 1 aromatic heterocycles. The summed E-state index contributed by atoms with van der Waals surface area (Å²) in [6.45, 7) is 3.81. The molecule has 0 radical (unpaired) electrons. The van der Waals surface area contributed by atoms with Gasteiger partial charge in [-0.2, -0.15) is 0 Å². The molecule has 2 aromatic rings. The van der Waals surface area contributed by atoms with E-state index in [-0.39, 0.29) is 24.3 Å². The molecule has 1 aromatic carbocycles. The Hall–Kier alpha value is -2.21.